The highest BCUT2D eigenvalue weighted by atomic mass is 32.2. The first-order chi connectivity index (χ1) is 19.7. The topological polar surface area (TPSA) is 136 Å². The second-order valence-electron chi connectivity index (χ2n) is 10.4. The van der Waals surface area contributed by atoms with Gasteiger partial charge in [0.2, 0.25) is 21.9 Å². The molecule has 0 bridgehead atoms. The van der Waals surface area contributed by atoms with Crippen LogP contribution in [0.1, 0.15) is 24.0 Å². The van der Waals surface area contributed by atoms with Crippen molar-refractivity contribution in [3.05, 3.63) is 78.1 Å². The highest BCUT2D eigenvalue weighted by molar-refractivity contribution is 7.89. The quantitative estimate of drug-likeness (QED) is 0.391. The van der Waals surface area contributed by atoms with E-state index in [-0.39, 0.29) is 17.9 Å². The largest absolute Gasteiger partial charge is 0.480 e. The van der Waals surface area contributed by atoms with E-state index in [9.17, 15) is 23.1 Å². The first-order valence-electron chi connectivity index (χ1n) is 13.7. The van der Waals surface area contributed by atoms with Crippen molar-refractivity contribution in [3.8, 4) is 0 Å². The maximum atomic E-state index is 13.2. The predicted molar refractivity (Wildman–Crippen MR) is 154 cm³/mol. The molecule has 2 atom stereocenters. The van der Waals surface area contributed by atoms with Crippen molar-refractivity contribution in [1.82, 2.24) is 19.6 Å². The number of rotatable bonds is 9. The molecule has 2 fully saturated rings. The molecule has 0 aliphatic carbocycles. The normalized spacial score (nSPS) is 18.7. The number of carboxylic acid groups (broad SMARTS) is 1. The van der Waals surface area contributed by atoms with Gasteiger partial charge in [-0.15, -0.1) is 0 Å². The van der Waals surface area contributed by atoms with E-state index in [4.69, 9.17) is 0 Å². The number of nitrogens with one attached hydrogen (secondary N) is 1. The smallest absolute Gasteiger partial charge is 0.326 e. The van der Waals surface area contributed by atoms with E-state index in [0.717, 1.165) is 48.9 Å². The molecule has 0 spiro atoms. The molecule has 2 aliphatic heterocycles. The molecule has 3 aromatic rings. The van der Waals surface area contributed by atoms with Crippen molar-refractivity contribution in [2.24, 2.45) is 0 Å². The molecule has 0 saturated carbocycles. The van der Waals surface area contributed by atoms with Gasteiger partial charge in [-0.1, -0.05) is 29.8 Å². The van der Waals surface area contributed by atoms with Gasteiger partial charge in [0.05, 0.1) is 4.90 Å². The van der Waals surface area contributed by atoms with Crippen LogP contribution in [0.5, 0.6) is 0 Å². The number of anilines is 2. The van der Waals surface area contributed by atoms with Crippen LogP contribution in [0.3, 0.4) is 0 Å². The maximum absolute atomic E-state index is 13.2. The van der Waals surface area contributed by atoms with Gasteiger partial charge in [-0.05, 0) is 55.7 Å². The van der Waals surface area contributed by atoms with Crippen molar-refractivity contribution in [1.29, 1.82) is 0 Å². The molecular formula is C29H34N6O5S. The van der Waals surface area contributed by atoms with Gasteiger partial charge in [0.25, 0.3) is 0 Å². The Morgan fingerprint density at radius 1 is 0.951 bits per heavy atom. The van der Waals surface area contributed by atoms with Gasteiger partial charge in [0.1, 0.15) is 12.1 Å². The average molecular weight is 579 g/mol. The number of aryl methyl sites for hydroxylation is 1. The first-order valence-corrected chi connectivity index (χ1v) is 15.1. The lowest BCUT2D eigenvalue weighted by Crippen LogP contribution is -2.51. The molecule has 1 aromatic heterocycles. The molecule has 2 aromatic carbocycles. The fourth-order valence-corrected chi connectivity index (χ4v) is 6.96. The number of sulfonamides is 1. The number of carbonyl (C=O) groups is 2. The van der Waals surface area contributed by atoms with E-state index in [1.54, 1.807) is 30.6 Å². The van der Waals surface area contributed by atoms with E-state index in [1.165, 1.54) is 16.4 Å². The van der Waals surface area contributed by atoms with Gasteiger partial charge in [-0.2, -0.15) is 4.31 Å². The zero-order valence-electron chi connectivity index (χ0n) is 22.9. The Balaban J connectivity index is 1.20. The van der Waals surface area contributed by atoms with Crippen molar-refractivity contribution >= 4 is 33.5 Å². The van der Waals surface area contributed by atoms with Crippen LogP contribution >= 0.6 is 0 Å². The summed E-state index contributed by atoms with van der Waals surface area (Å²) in [6.45, 7) is 5.25. The molecule has 2 N–H and O–H groups in total. The fraction of sp³-hybridized carbons (Fsp3) is 0.379. The molecule has 2 aliphatic rings. The lowest BCUT2D eigenvalue weighted by molar-refractivity contribution is -0.142. The highest BCUT2D eigenvalue weighted by Crippen LogP contribution is 2.27. The molecule has 0 unspecified atom stereocenters. The van der Waals surface area contributed by atoms with Gasteiger partial charge in [0, 0.05) is 57.2 Å². The molecule has 216 valence electrons. The minimum absolute atomic E-state index is 0.0813. The van der Waals surface area contributed by atoms with Crippen LogP contribution in [0.4, 0.5) is 11.6 Å². The SMILES string of the molecule is Cc1ccc(S(=O)(=O)N2CCC[C@H]2C(=O)N[C@@H](Cc2ccc(N3CCN(c4ncccn4)CC3)cc2)C(=O)O)cc1. The number of carbonyl (C=O) groups excluding carboxylic acids is 1. The zero-order chi connectivity index (χ0) is 29.0. The molecular weight excluding hydrogens is 544 g/mol. The molecule has 1 amide bonds. The minimum atomic E-state index is -3.89. The van der Waals surface area contributed by atoms with E-state index >= 15 is 0 Å². The number of nitrogens with zero attached hydrogens (tertiary/aromatic N) is 5. The number of amides is 1. The van der Waals surface area contributed by atoms with Gasteiger partial charge in [-0.3, -0.25) is 4.79 Å². The van der Waals surface area contributed by atoms with Crippen molar-refractivity contribution < 1.29 is 23.1 Å². The summed E-state index contributed by atoms with van der Waals surface area (Å²) in [5, 5.41) is 12.5. The summed E-state index contributed by atoms with van der Waals surface area (Å²) in [6.07, 6.45) is 4.41. The Bertz CT molecular complexity index is 1460. The Morgan fingerprint density at radius 3 is 2.22 bits per heavy atom. The number of benzene rings is 2. The average Bonchev–Trinajstić information content (AvgIpc) is 3.49. The third-order valence-electron chi connectivity index (χ3n) is 7.60. The Kier molecular flexibility index (Phi) is 8.50. The van der Waals surface area contributed by atoms with Crippen LogP contribution in [0.25, 0.3) is 0 Å². The number of carboxylic acids is 1. The second-order valence-corrected chi connectivity index (χ2v) is 12.3. The number of aliphatic carboxylic acids is 1. The number of hydrogen-bond acceptors (Lipinski definition) is 8. The van der Waals surface area contributed by atoms with Gasteiger partial charge < -0.3 is 20.2 Å². The summed E-state index contributed by atoms with van der Waals surface area (Å²) in [5.41, 5.74) is 2.72. The standard InChI is InChI=1S/C29H34N6O5S/c1-21-5-11-24(12-6-21)41(39,40)35-15-2-4-26(35)27(36)32-25(28(37)38)20-22-7-9-23(10-8-22)33-16-18-34(19-17-33)29-30-13-3-14-31-29/h3,5-14,25-26H,2,4,15-20H2,1H3,(H,32,36)(H,37,38)/t25-,26-/m0/s1. The zero-order valence-corrected chi connectivity index (χ0v) is 23.7. The van der Waals surface area contributed by atoms with Crippen molar-refractivity contribution in [3.63, 3.8) is 0 Å². The van der Waals surface area contributed by atoms with Crippen molar-refractivity contribution in [2.45, 2.75) is 43.2 Å². The van der Waals surface area contributed by atoms with Crippen LogP contribution in [-0.2, 0) is 26.0 Å². The van der Waals surface area contributed by atoms with Gasteiger partial charge in [-0.25, -0.2) is 23.2 Å². The predicted octanol–water partition coefficient (Wildman–Crippen LogP) is 2.08. The van der Waals surface area contributed by atoms with Gasteiger partial charge in [0.15, 0.2) is 0 Å². The summed E-state index contributed by atoms with van der Waals surface area (Å²) in [4.78, 5) is 38.4. The molecule has 2 saturated heterocycles. The van der Waals surface area contributed by atoms with Crippen LogP contribution in [-0.4, -0.2) is 84.5 Å². The maximum Gasteiger partial charge on any atom is 0.326 e. The molecule has 5 rings (SSSR count). The molecule has 41 heavy (non-hydrogen) atoms. The highest BCUT2D eigenvalue weighted by Gasteiger charge is 2.40. The summed E-state index contributed by atoms with van der Waals surface area (Å²) >= 11 is 0. The molecule has 11 nitrogen and oxygen atoms in total. The summed E-state index contributed by atoms with van der Waals surface area (Å²) in [7, 11) is -3.89. The summed E-state index contributed by atoms with van der Waals surface area (Å²) < 4.78 is 27.7. The summed E-state index contributed by atoms with van der Waals surface area (Å²) in [6, 6.07) is 13.8. The lowest BCUT2D eigenvalue weighted by atomic mass is 10.0. The number of hydrogen-bond donors (Lipinski definition) is 2. The lowest BCUT2D eigenvalue weighted by Gasteiger charge is -2.36. The Morgan fingerprint density at radius 2 is 1.59 bits per heavy atom. The van der Waals surface area contributed by atoms with Gasteiger partial charge >= 0.3 is 5.97 Å². The third-order valence-corrected chi connectivity index (χ3v) is 9.53. The Labute approximate surface area is 239 Å². The van der Waals surface area contributed by atoms with Crippen LogP contribution in [0, 0.1) is 6.92 Å². The number of piperazine rings is 1. The Hall–Kier alpha value is -4.03. The fourth-order valence-electron chi connectivity index (χ4n) is 5.30. The van der Waals surface area contributed by atoms with Crippen LogP contribution in [0.2, 0.25) is 0 Å². The van der Waals surface area contributed by atoms with E-state index < -0.39 is 34.0 Å². The van der Waals surface area contributed by atoms with Crippen LogP contribution in [0.15, 0.2) is 71.9 Å². The van der Waals surface area contributed by atoms with Crippen LogP contribution < -0.4 is 15.1 Å². The van der Waals surface area contributed by atoms with Crippen molar-refractivity contribution in [2.75, 3.05) is 42.5 Å². The summed E-state index contributed by atoms with van der Waals surface area (Å²) in [5.74, 6) is -1.05. The molecule has 12 heteroatoms. The second kappa shape index (κ2) is 12.2. The van der Waals surface area contributed by atoms with E-state index in [2.05, 4.69) is 25.1 Å². The number of aromatic nitrogens is 2. The molecule has 0 radical (unpaired) electrons. The van der Waals surface area contributed by atoms with E-state index in [0.29, 0.717) is 12.8 Å². The van der Waals surface area contributed by atoms with E-state index in [1.807, 2.05) is 31.2 Å². The monoisotopic (exact) mass is 578 g/mol. The minimum Gasteiger partial charge on any atom is -0.480 e. The first kappa shape index (κ1) is 28.5. The third kappa shape index (κ3) is 6.49. The molecule has 3 heterocycles.